The van der Waals surface area contributed by atoms with Crippen LogP contribution < -0.4 is 0 Å². The second-order valence-electron chi connectivity index (χ2n) is 7.47. The maximum Gasteiger partial charge on any atom is 0.401 e. The third kappa shape index (κ3) is 4.03. The second-order valence-corrected chi connectivity index (χ2v) is 8.53. The van der Waals surface area contributed by atoms with Crippen LogP contribution in [0.4, 0.5) is 13.2 Å². The lowest BCUT2D eigenvalue weighted by Gasteiger charge is -2.50. The minimum atomic E-state index is -4.20. The van der Waals surface area contributed by atoms with Gasteiger partial charge in [0.05, 0.1) is 18.7 Å². The first-order chi connectivity index (χ1) is 12.9. The Hall–Kier alpha value is -1.48. The van der Waals surface area contributed by atoms with Crippen LogP contribution in [-0.4, -0.2) is 69.6 Å². The van der Waals surface area contributed by atoms with E-state index in [9.17, 15) is 18.0 Å². The van der Waals surface area contributed by atoms with Crippen LogP contribution in [0.25, 0.3) is 4.91 Å². The minimum absolute atomic E-state index is 0.0598. The highest BCUT2D eigenvalue weighted by molar-refractivity contribution is 8.08. The number of thioether (sulfide) groups is 1. The minimum Gasteiger partial charge on any atom is -0.336 e. The number of carbonyl (C=O) groups excluding carboxylic acids is 1. The Bertz CT molecular complexity index is 706. The molecule has 3 atom stereocenters. The molecular weight excluding hydrogens is 377 g/mol. The normalized spacial score (nSPS) is 29.5. The first-order valence-corrected chi connectivity index (χ1v) is 10.4. The summed E-state index contributed by atoms with van der Waals surface area (Å²) in [6, 6.07) is -0.275. The number of amides is 1. The van der Waals surface area contributed by atoms with Crippen LogP contribution in [0, 0.1) is 5.92 Å². The van der Waals surface area contributed by atoms with E-state index in [2.05, 4.69) is 10.2 Å². The maximum atomic E-state index is 13.2. The van der Waals surface area contributed by atoms with Gasteiger partial charge in [-0.25, -0.2) is 0 Å². The molecule has 0 bridgehead atoms. The van der Waals surface area contributed by atoms with Gasteiger partial charge in [-0.2, -0.15) is 18.3 Å². The summed E-state index contributed by atoms with van der Waals surface area (Å²) in [7, 11) is 0. The van der Waals surface area contributed by atoms with E-state index in [1.807, 2.05) is 11.0 Å². The number of fused-ring (bicyclic) bond motifs is 1. The van der Waals surface area contributed by atoms with Gasteiger partial charge in [0.15, 0.2) is 0 Å². The highest BCUT2D eigenvalue weighted by atomic mass is 32.2. The summed E-state index contributed by atoms with van der Waals surface area (Å²) in [5.41, 5.74) is 0.973. The predicted molar refractivity (Wildman–Crippen MR) is 97.9 cm³/mol. The van der Waals surface area contributed by atoms with Gasteiger partial charge in [-0.15, -0.1) is 11.8 Å². The van der Waals surface area contributed by atoms with Gasteiger partial charge >= 0.3 is 6.18 Å². The van der Waals surface area contributed by atoms with Crippen LogP contribution >= 0.6 is 11.8 Å². The Morgan fingerprint density at radius 2 is 2.04 bits per heavy atom. The van der Waals surface area contributed by atoms with Gasteiger partial charge in [0.1, 0.15) is 0 Å². The van der Waals surface area contributed by atoms with Crippen LogP contribution in [0.3, 0.4) is 0 Å². The van der Waals surface area contributed by atoms with Crippen molar-refractivity contribution in [3.05, 3.63) is 24.0 Å². The molecule has 1 aliphatic carbocycles. The molecule has 2 fully saturated rings. The van der Waals surface area contributed by atoms with E-state index in [0.29, 0.717) is 18.8 Å². The van der Waals surface area contributed by atoms with Crippen LogP contribution in [0.5, 0.6) is 0 Å². The number of aromatic amines is 1. The topological polar surface area (TPSA) is 52.2 Å². The van der Waals surface area contributed by atoms with E-state index >= 15 is 0 Å². The Morgan fingerprint density at radius 1 is 1.26 bits per heavy atom. The van der Waals surface area contributed by atoms with Crippen LogP contribution in [0.1, 0.15) is 31.2 Å². The molecule has 1 saturated carbocycles. The van der Waals surface area contributed by atoms with E-state index < -0.39 is 12.7 Å². The first kappa shape index (κ1) is 18.9. The molecule has 5 nitrogen and oxygen atoms in total. The first-order valence-electron chi connectivity index (χ1n) is 9.37. The smallest absolute Gasteiger partial charge is 0.336 e. The molecule has 27 heavy (non-hydrogen) atoms. The highest BCUT2D eigenvalue weighted by Gasteiger charge is 2.45. The SMILES string of the molecule is O=C(C1C=C(c2cn[nH]c2)SC1)N1CCN(CC(F)(F)F)C2CCCCC21. The summed E-state index contributed by atoms with van der Waals surface area (Å²) in [6.45, 7) is -0.198. The number of rotatable bonds is 3. The molecule has 2 aliphatic heterocycles. The molecule has 0 spiro atoms. The number of piperazine rings is 1. The fourth-order valence-electron chi connectivity index (χ4n) is 4.53. The largest absolute Gasteiger partial charge is 0.401 e. The average molecular weight is 400 g/mol. The maximum absolute atomic E-state index is 13.2. The summed E-state index contributed by atoms with van der Waals surface area (Å²) in [6.07, 6.45) is 4.76. The lowest BCUT2D eigenvalue weighted by atomic mass is 9.85. The van der Waals surface area contributed by atoms with E-state index in [4.69, 9.17) is 0 Å². The van der Waals surface area contributed by atoms with Crippen molar-refractivity contribution in [3.8, 4) is 0 Å². The zero-order valence-electron chi connectivity index (χ0n) is 14.9. The predicted octanol–water partition coefficient (Wildman–Crippen LogP) is 3.13. The number of hydrogen-bond acceptors (Lipinski definition) is 4. The van der Waals surface area contributed by atoms with Crippen molar-refractivity contribution in [3.63, 3.8) is 0 Å². The number of carbonyl (C=O) groups is 1. The summed E-state index contributed by atoms with van der Waals surface area (Å²) >= 11 is 1.63. The van der Waals surface area contributed by atoms with Gasteiger partial charge in [-0.3, -0.25) is 14.8 Å². The summed E-state index contributed by atoms with van der Waals surface area (Å²) in [5.74, 6) is 0.528. The number of nitrogens with one attached hydrogen (secondary N) is 1. The van der Waals surface area contributed by atoms with E-state index in [1.54, 1.807) is 29.1 Å². The third-order valence-corrected chi connectivity index (χ3v) is 6.94. The summed E-state index contributed by atoms with van der Waals surface area (Å²) in [4.78, 5) is 17.6. The van der Waals surface area contributed by atoms with Gasteiger partial charge in [0.25, 0.3) is 0 Å². The molecule has 9 heteroatoms. The third-order valence-electron chi connectivity index (χ3n) is 5.73. The second kappa shape index (κ2) is 7.50. The Balaban J connectivity index is 1.48. The quantitative estimate of drug-likeness (QED) is 0.847. The van der Waals surface area contributed by atoms with Crippen molar-refractivity contribution in [1.82, 2.24) is 20.0 Å². The average Bonchev–Trinajstić information content (AvgIpc) is 3.32. The molecule has 1 aromatic rings. The lowest BCUT2D eigenvalue weighted by Crippen LogP contribution is -2.63. The molecule has 1 amide bonds. The van der Waals surface area contributed by atoms with Gasteiger partial charge < -0.3 is 4.90 Å². The molecule has 4 rings (SSSR count). The number of H-pyrrole nitrogens is 1. The van der Waals surface area contributed by atoms with Gasteiger partial charge in [0.2, 0.25) is 5.91 Å². The Kier molecular flexibility index (Phi) is 5.24. The van der Waals surface area contributed by atoms with Gasteiger partial charge in [0, 0.05) is 47.6 Å². The van der Waals surface area contributed by atoms with Crippen LogP contribution in [-0.2, 0) is 4.79 Å². The number of nitrogens with zero attached hydrogens (tertiary/aromatic N) is 3. The molecule has 148 valence electrons. The summed E-state index contributed by atoms with van der Waals surface area (Å²) < 4.78 is 38.8. The number of aromatic nitrogens is 2. The fourth-order valence-corrected chi connectivity index (χ4v) is 5.67. The van der Waals surface area contributed by atoms with Crippen LogP contribution in [0.2, 0.25) is 0 Å². The number of alkyl halides is 3. The molecule has 1 aromatic heterocycles. The fraction of sp³-hybridized carbons (Fsp3) is 0.667. The van der Waals surface area contributed by atoms with Crippen molar-refractivity contribution in [2.45, 2.75) is 43.9 Å². The zero-order valence-corrected chi connectivity index (χ0v) is 15.7. The molecule has 0 aromatic carbocycles. The molecule has 3 aliphatic rings. The number of hydrogen-bond donors (Lipinski definition) is 1. The van der Waals surface area contributed by atoms with Crippen molar-refractivity contribution < 1.29 is 18.0 Å². The standard InChI is InChI=1S/C18H23F3N4OS/c19-18(20,21)11-24-5-6-25(15-4-2-1-3-14(15)24)17(26)12-7-16(27-10-12)13-8-22-23-9-13/h7-9,12,14-15H,1-6,10-11H2,(H,22,23). The van der Waals surface area contributed by atoms with Gasteiger partial charge in [-0.1, -0.05) is 18.9 Å². The molecule has 3 unspecified atom stereocenters. The van der Waals surface area contributed by atoms with Crippen molar-refractivity contribution in [1.29, 1.82) is 0 Å². The van der Waals surface area contributed by atoms with Crippen molar-refractivity contribution >= 4 is 22.6 Å². The molecule has 1 saturated heterocycles. The van der Waals surface area contributed by atoms with E-state index in [1.165, 1.54) is 0 Å². The zero-order chi connectivity index (χ0) is 19.0. The van der Waals surface area contributed by atoms with Crippen LogP contribution in [0.15, 0.2) is 18.5 Å². The van der Waals surface area contributed by atoms with E-state index in [-0.39, 0.29) is 23.9 Å². The van der Waals surface area contributed by atoms with E-state index in [0.717, 1.165) is 36.2 Å². The van der Waals surface area contributed by atoms with Crippen molar-refractivity contribution in [2.24, 2.45) is 5.92 Å². The molecular formula is C18H23F3N4OS. The highest BCUT2D eigenvalue weighted by Crippen LogP contribution is 2.39. The van der Waals surface area contributed by atoms with Gasteiger partial charge in [-0.05, 0) is 12.8 Å². The molecule has 1 N–H and O–H groups in total. The Morgan fingerprint density at radius 3 is 2.74 bits per heavy atom. The molecule has 3 heterocycles. The monoisotopic (exact) mass is 400 g/mol. The number of halogens is 3. The molecule has 0 radical (unpaired) electrons. The Labute approximate surface area is 160 Å². The lowest BCUT2D eigenvalue weighted by molar-refractivity contribution is -0.167. The van der Waals surface area contributed by atoms with Crippen molar-refractivity contribution in [2.75, 3.05) is 25.4 Å². The summed E-state index contributed by atoms with van der Waals surface area (Å²) in [5, 5.41) is 6.72.